The van der Waals surface area contributed by atoms with Crippen molar-refractivity contribution in [3.63, 3.8) is 0 Å². The minimum atomic E-state index is -3.71. The Morgan fingerprint density at radius 3 is 2.56 bits per heavy atom. The smallest absolute Gasteiger partial charge is 0.331 e. The van der Waals surface area contributed by atoms with Crippen LogP contribution in [0.25, 0.3) is 0 Å². The molecule has 0 saturated carbocycles. The van der Waals surface area contributed by atoms with E-state index < -0.39 is 16.0 Å². The van der Waals surface area contributed by atoms with Gasteiger partial charge in [0.2, 0.25) is 15.9 Å². The van der Waals surface area contributed by atoms with E-state index in [-0.39, 0.29) is 23.9 Å². The number of fused-ring (bicyclic) bond motifs is 1. The molecule has 0 atom stereocenters. The second-order valence-electron chi connectivity index (χ2n) is 6.09. The van der Waals surface area contributed by atoms with Crippen molar-refractivity contribution in [3.8, 4) is 5.75 Å². The Balaban J connectivity index is 1.53. The second kappa shape index (κ2) is 7.77. The number of carbonyl (C=O) groups is 2. The Hall–Kier alpha value is -2.91. The second-order valence-corrected chi connectivity index (χ2v) is 7.65. The maximum atomic E-state index is 12.2. The third-order valence-electron chi connectivity index (χ3n) is 4.07. The molecule has 3 rings (SSSR count). The number of nitrogens with zero attached hydrogens (tertiary/aromatic N) is 1. The molecule has 1 aliphatic heterocycles. The first kappa shape index (κ1) is 18.9. The zero-order valence-corrected chi connectivity index (χ0v) is 15.2. The molecule has 8 nitrogen and oxygen atoms in total. The van der Waals surface area contributed by atoms with Crippen LogP contribution in [0.1, 0.15) is 5.56 Å². The van der Waals surface area contributed by atoms with Gasteiger partial charge in [0.15, 0.2) is 5.75 Å². The summed E-state index contributed by atoms with van der Waals surface area (Å²) < 4.78 is 27.6. The normalized spacial score (nSPS) is 13.7. The number of benzene rings is 2. The molecule has 1 amide bonds. The predicted octanol–water partition coefficient (Wildman–Crippen LogP) is 0.418. The van der Waals surface area contributed by atoms with Gasteiger partial charge >= 0.3 is 5.97 Å². The van der Waals surface area contributed by atoms with Crippen LogP contribution in [-0.4, -0.2) is 39.9 Å². The highest BCUT2D eigenvalue weighted by atomic mass is 32.2. The van der Waals surface area contributed by atoms with E-state index in [1.165, 1.54) is 12.1 Å². The number of sulfonamides is 1. The van der Waals surface area contributed by atoms with Crippen molar-refractivity contribution in [2.75, 3.05) is 24.5 Å². The average Bonchev–Trinajstić information content (AvgIpc) is 2.61. The molecule has 0 aliphatic carbocycles. The lowest BCUT2D eigenvalue weighted by Gasteiger charge is -2.29. The molecular weight excluding hydrogens is 370 g/mol. The number of anilines is 1. The fourth-order valence-corrected chi connectivity index (χ4v) is 3.28. The Morgan fingerprint density at radius 2 is 1.85 bits per heavy atom. The molecule has 0 unspecified atom stereocenters. The summed E-state index contributed by atoms with van der Waals surface area (Å²) in [4.78, 5) is 25.6. The summed E-state index contributed by atoms with van der Waals surface area (Å²) in [5.74, 6) is -0.186. The first-order valence-electron chi connectivity index (χ1n) is 8.26. The molecule has 0 saturated heterocycles. The van der Waals surface area contributed by atoms with Crippen LogP contribution in [0.5, 0.6) is 5.75 Å². The van der Waals surface area contributed by atoms with Crippen molar-refractivity contribution < 1.29 is 22.7 Å². The molecule has 9 heteroatoms. The molecule has 0 radical (unpaired) electrons. The number of ether oxygens (including phenoxy) is 1. The molecular formula is C18H19N3O5S. The van der Waals surface area contributed by atoms with Crippen LogP contribution in [0, 0.1) is 0 Å². The molecule has 0 aromatic heterocycles. The van der Waals surface area contributed by atoms with Crippen LogP contribution < -0.4 is 20.1 Å². The zero-order valence-electron chi connectivity index (χ0n) is 14.4. The highest BCUT2D eigenvalue weighted by Crippen LogP contribution is 2.30. The molecule has 0 fully saturated rings. The van der Waals surface area contributed by atoms with Gasteiger partial charge in [-0.05, 0) is 36.2 Å². The topological polar surface area (TPSA) is 119 Å². The van der Waals surface area contributed by atoms with Gasteiger partial charge in [-0.1, -0.05) is 24.3 Å². The monoisotopic (exact) mass is 389 g/mol. The van der Waals surface area contributed by atoms with Gasteiger partial charge in [0.1, 0.15) is 6.54 Å². The lowest BCUT2D eigenvalue weighted by molar-refractivity contribution is -0.133. The number of esters is 1. The Kier molecular flexibility index (Phi) is 5.43. The van der Waals surface area contributed by atoms with Gasteiger partial charge in [-0.15, -0.1) is 0 Å². The van der Waals surface area contributed by atoms with Crippen molar-refractivity contribution in [1.82, 2.24) is 5.32 Å². The first-order valence-corrected chi connectivity index (χ1v) is 9.80. The quantitative estimate of drug-likeness (QED) is 0.546. The van der Waals surface area contributed by atoms with E-state index in [4.69, 9.17) is 9.88 Å². The third kappa shape index (κ3) is 4.83. The highest BCUT2D eigenvalue weighted by molar-refractivity contribution is 7.89. The molecule has 142 valence electrons. The summed E-state index contributed by atoms with van der Waals surface area (Å²) in [6.07, 6.45) is 0.537. The summed E-state index contributed by atoms with van der Waals surface area (Å²) in [5.41, 5.74) is 1.57. The van der Waals surface area contributed by atoms with E-state index in [1.807, 2.05) is 6.07 Å². The molecule has 1 aliphatic rings. The number of amides is 1. The Morgan fingerprint density at radius 1 is 1.15 bits per heavy atom. The standard InChI is InChI=1S/C18H19N3O5S/c19-27(24,25)14-7-5-13(6-8-14)9-10-20-17(22)11-21-12-18(23)26-16-4-2-1-3-15(16)21/h1-8H,9-12H2,(H,20,22)(H2,19,24,25). The van der Waals surface area contributed by atoms with Gasteiger partial charge in [-0.25, -0.2) is 18.4 Å². The number of nitrogens with two attached hydrogens (primary N) is 1. The molecule has 1 heterocycles. The molecule has 2 aromatic rings. The van der Waals surface area contributed by atoms with Crippen molar-refractivity contribution in [3.05, 3.63) is 54.1 Å². The van der Waals surface area contributed by atoms with Gasteiger partial charge in [-0.3, -0.25) is 4.79 Å². The fourth-order valence-electron chi connectivity index (χ4n) is 2.76. The lowest BCUT2D eigenvalue weighted by atomic mass is 10.1. The van der Waals surface area contributed by atoms with Gasteiger partial charge < -0.3 is 15.0 Å². The Bertz CT molecular complexity index is 957. The zero-order chi connectivity index (χ0) is 19.4. The predicted molar refractivity (Wildman–Crippen MR) is 98.8 cm³/mol. The van der Waals surface area contributed by atoms with Crippen molar-refractivity contribution in [1.29, 1.82) is 0 Å². The van der Waals surface area contributed by atoms with E-state index in [2.05, 4.69) is 5.32 Å². The van der Waals surface area contributed by atoms with Crippen LogP contribution in [0.2, 0.25) is 0 Å². The third-order valence-corrected chi connectivity index (χ3v) is 5.00. The highest BCUT2D eigenvalue weighted by Gasteiger charge is 2.25. The van der Waals surface area contributed by atoms with E-state index in [9.17, 15) is 18.0 Å². The first-order chi connectivity index (χ1) is 12.8. The van der Waals surface area contributed by atoms with Gasteiger partial charge in [0.05, 0.1) is 17.1 Å². The maximum absolute atomic E-state index is 12.2. The number of hydrogen-bond donors (Lipinski definition) is 2. The van der Waals surface area contributed by atoms with Crippen molar-refractivity contribution in [2.45, 2.75) is 11.3 Å². The minimum Gasteiger partial charge on any atom is -0.423 e. The minimum absolute atomic E-state index is 0.0134. The summed E-state index contributed by atoms with van der Waals surface area (Å²) in [5, 5.41) is 7.85. The number of para-hydroxylation sites is 2. The number of carbonyl (C=O) groups excluding carboxylic acids is 2. The number of rotatable bonds is 6. The SMILES string of the molecule is NS(=O)(=O)c1ccc(CCNC(=O)CN2CC(=O)Oc3ccccc32)cc1. The van der Waals surface area contributed by atoms with Gasteiger partial charge in [0, 0.05) is 6.54 Å². The number of hydrogen-bond acceptors (Lipinski definition) is 6. The average molecular weight is 389 g/mol. The Labute approximate surface area is 157 Å². The number of primary sulfonamides is 1. The summed E-state index contributed by atoms with van der Waals surface area (Å²) in [6, 6.07) is 13.2. The fraction of sp³-hybridized carbons (Fsp3) is 0.222. The van der Waals surface area contributed by atoms with Crippen LogP contribution >= 0.6 is 0 Å². The molecule has 0 bridgehead atoms. The molecule has 2 aromatic carbocycles. The van der Waals surface area contributed by atoms with Crippen LogP contribution in [-0.2, 0) is 26.0 Å². The van der Waals surface area contributed by atoms with E-state index in [1.54, 1.807) is 35.2 Å². The molecule has 0 spiro atoms. The van der Waals surface area contributed by atoms with E-state index >= 15 is 0 Å². The van der Waals surface area contributed by atoms with E-state index in [0.717, 1.165) is 5.56 Å². The summed E-state index contributed by atoms with van der Waals surface area (Å²) in [6.45, 7) is 0.434. The van der Waals surface area contributed by atoms with Gasteiger partial charge in [-0.2, -0.15) is 0 Å². The summed E-state index contributed by atoms with van der Waals surface area (Å²) >= 11 is 0. The van der Waals surface area contributed by atoms with Gasteiger partial charge in [0.25, 0.3) is 0 Å². The molecule has 27 heavy (non-hydrogen) atoms. The summed E-state index contributed by atoms with van der Waals surface area (Å²) in [7, 11) is -3.71. The largest absolute Gasteiger partial charge is 0.423 e. The lowest BCUT2D eigenvalue weighted by Crippen LogP contribution is -2.43. The van der Waals surface area contributed by atoms with Crippen LogP contribution in [0.3, 0.4) is 0 Å². The van der Waals surface area contributed by atoms with E-state index in [0.29, 0.717) is 24.4 Å². The van der Waals surface area contributed by atoms with Crippen molar-refractivity contribution in [2.24, 2.45) is 5.14 Å². The molecule has 3 N–H and O–H groups in total. The number of nitrogens with one attached hydrogen (secondary N) is 1. The van der Waals surface area contributed by atoms with Crippen molar-refractivity contribution >= 4 is 27.6 Å². The van der Waals surface area contributed by atoms with Crippen LogP contribution in [0.15, 0.2) is 53.4 Å². The van der Waals surface area contributed by atoms with Crippen LogP contribution in [0.4, 0.5) is 5.69 Å². The maximum Gasteiger partial charge on any atom is 0.331 e.